The fraction of sp³-hybridized carbons (Fsp3) is 0.286. The van der Waals surface area contributed by atoms with Crippen molar-refractivity contribution in [3.63, 3.8) is 0 Å². The number of benzene rings is 1. The molecule has 1 aromatic heterocycles. The van der Waals surface area contributed by atoms with Gasteiger partial charge in [-0.2, -0.15) is 10.2 Å². The Morgan fingerprint density at radius 2 is 2.05 bits per heavy atom. The van der Waals surface area contributed by atoms with Crippen molar-refractivity contribution in [2.45, 2.75) is 26.3 Å². The maximum absolute atomic E-state index is 13.5. The molecule has 0 aliphatic carbocycles. The fourth-order valence-electron chi connectivity index (χ4n) is 2.00. The lowest BCUT2D eigenvalue weighted by Crippen LogP contribution is -2.16. The third-order valence-electron chi connectivity index (χ3n) is 3.01. The number of halogens is 2. The normalized spacial score (nSPS) is 12.5. The van der Waals surface area contributed by atoms with Crippen LogP contribution in [0, 0.1) is 19.7 Å². The standard InChI is InChI=1S/C14H15BrFN3/c1-8-6-11(9(2)19-18-8)13(17)7-10-4-3-5-12(16)14(10)15/h3-6,13H,7,17H2,1-2H3. The van der Waals surface area contributed by atoms with E-state index < -0.39 is 0 Å². The summed E-state index contributed by atoms with van der Waals surface area (Å²) in [6.45, 7) is 3.75. The largest absolute Gasteiger partial charge is 0.324 e. The molecule has 3 nitrogen and oxygen atoms in total. The van der Waals surface area contributed by atoms with Crippen LogP contribution in [0.3, 0.4) is 0 Å². The van der Waals surface area contributed by atoms with E-state index in [2.05, 4.69) is 26.1 Å². The van der Waals surface area contributed by atoms with Crippen LogP contribution in [0.2, 0.25) is 0 Å². The predicted octanol–water partition coefficient (Wildman–Crippen LogP) is 3.24. The van der Waals surface area contributed by atoms with Crippen LogP contribution in [0.25, 0.3) is 0 Å². The average molecular weight is 324 g/mol. The van der Waals surface area contributed by atoms with E-state index in [9.17, 15) is 4.39 Å². The SMILES string of the molecule is Cc1cc(C(N)Cc2cccc(F)c2Br)c(C)nn1. The second-order valence-electron chi connectivity index (χ2n) is 4.55. The molecule has 0 saturated carbocycles. The zero-order valence-corrected chi connectivity index (χ0v) is 12.4. The quantitative estimate of drug-likeness (QED) is 0.943. The van der Waals surface area contributed by atoms with Gasteiger partial charge >= 0.3 is 0 Å². The van der Waals surface area contributed by atoms with Crippen LogP contribution in [0.4, 0.5) is 4.39 Å². The van der Waals surface area contributed by atoms with Gasteiger partial charge in [-0.25, -0.2) is 4.39 Å². The Bertz CT molecular complexity index is 601. The van der Waals surface area contributed by atoms with Crippen molar-refractivity contribution in [2.24, 2.45) is 5.73 Å². The first-order valence-corrected chi connectivity index (χ1v) is 6.77. The average Bonchev–Trinajstić information content (AvgIpc) is 2.38. The minimum atomic E-state index is -0.273. The van der Waals surface area contributed by atoms with Gasteiger partial charge in [0.05, 0.1) is 15.9 Å². The Morgan fingerprint density at radius 1 is 1.32 bits per heavy atom. The summed E-state index contributed by atoms with van der Waals surface area (Å²) >= 11 is 3.26. The summed E-state index contributed by atoms with van der Waals surface area (Å²) in [6.07, 6.45) is 0.546. The Labute approximate surface area is 120 Å². The molecule has 2 aromatic rings. The molecule has 1 atom stereocenters. The molecule has 0 amide bonds. The Balaban J connectivity index is 2.28. The molecule has 1 heterocycles. The molecule has 5 heteroatoms. The van der Waals surface area contributed by atoms with Crippen molar-refractivity contribution in [2.75, 3.05) is 0 Å². The molecule has 0 fully saturated rings. The molecule has 0 aliphatic heterocycles. The molecule has 0 spiro atoms. The third kappa shape index (κ3) is 3.16. The van der Waals surface area contributed by atoms with Gasteiger partial charge in [0.2, 0.25) is 0 Å². The summed E-state index contributed by atoms with van der Waals surface area (Å²) in [6, 6.07) is 6.67. The summed E-state index contributed by atoms with van der Waals surface area (Å²) in [5.41, 5.74) is 9.64. The van der Waals surface area contributed by atoms with Crippen LogP contribution in [-0.4, -0.2) is 10.2 Å². The maximum atomic E-state index is 13.5. The molecule has 0 saturated heterocycles. The summed E-state index contributed by atoms with van der Waals surface area (Å²) in [4.78, 5) is 0. The molecular weight excluding hydrogens is 309 g/mol. The van der Waals surface area contributed by atoms with Crippen molar-refractivity contribution < 1.29 is 4.39 Å². The molecule has 2 N–H and O–H groups in total. The Morgan fingerprint density at radius 3 is 2.79 bits per heavy atom. The van der Waals surface area contributed by atoms with E-state index in [0.717, 1.165) is 22.5 Å². The first kappa shape index (κ1) is 14.1. The van der Waals surface area contributed by atoms with Crippen molar-refractivity contribution in [3.8, 4) is 0 Å². The molecule has 1 unspecified atom stereocenters. The summed E-state index contributed by atoms with van der Waals surface area (Å²) in [7, 11) is 0. The highest BCUT2D eigenvalue weighted by molar-refractivity contribution is 9.10. The summed E-state index contributed by atoms with van der Waals surface area (Å²) in [5, 5.41) is 8.05. The van der Waals surface area contributed by atoms with E-state index >= 15 is 0 Å². The number of aryl methyl sites for hydroxylation is 2. The van der Waals surface area contributed by atoms with Crippen molar-refractivity contribution in [1.82, 2.24) is 10.2 Å². The van der Waals surface area contributed by atoms with Gasteiger partial charge in [-0.1, -0.05) is 12.1 Å². The minimum absolute atomic E-state index is 0.229. The lowest BCUT2D eigenvalue weighted by molar-refractivity contribution is 0.613. The van der Waals surface area contributed by atoms with Crippen molar-refractivity contribution in [3.05, 3.63) is 57.1 Å². The summed E-state index contributed by atoms with van der Waals surface area (Å²) < 4.78 is 13.9. The molecule has 100 valence electrons. The van der Waals surface area contributed by atoms with Gasteiger partial charge < -0.3 is 5.73 Å². The van der Waals surface area contributed by atoms with Gasteiger partial charge in [0.1, 0.15) is 5.82 Å². The molecule has 0 aliphatic rings. The Kier molecular flexibility index (Phi) is 4.27. The van der Waals surface area contributed by atoms with Gasteiger partial charge in [-0.05, 0) is 59.5 Å². The maximum Gasteiger partial charge on any atom is 0.137 e. The molecule has 2 rings (SSSR count). The van der Waals surface area contributed by atoms with Crippen molar-refractivity contribution >= 4 is 15.9 Å². The fourth-order valence-corrected chi connectivity index (χ4v) is 2.42. The monoisotopic (exact) mass is 323 g/mol. The van der Waals surface area contributed by atoms with Crippen LogP contribution in [0.15, 0.2) is 28.7 Å². The lowest BCUT2D eigenvalue weighted by atomic mass is 9.98. The molecule has 1 aromatic carbocycles. The zero-order valence-electron chi connectivity index (χ0n) is 10.8. The highest BCUT2D eigenvalue weighted by Gasteiger charge is 2.14. The van der Waals surface area contributed by atoms with Gasteiger partial charge in [-0.3, -0.25) is 0 Å². The molecule has 0 radical (unpaired) electrons. The number of rotatable bonds is 3. The number of nitrogens with two attached hydrogens (primary N) is 1. The Hall–Kier alpha value is -1.33. The van der Waals surface area contributed by atoms with Crippen LogP contribution in [-0.2, 0) is 6.42 Å². The number of nitrogens with zero attached hydrogens (tertiary/aromatic N) is 2. The van der Waals surface area contributed by atoms with E-state index in [1.165, 1.54) is 6.07 Å². The highest BCUT2D eigenvalue weighted by atomic mass is 79.9. The molecule has 19 heavy (non-hydrogen) atoms. The smallest absolute Gasteiger partial charge is 0.137 e. The number of hydrogen-bond acceptors (Lipinski definition) is 3. The summed E-state index contributed by atoms with van der Waals surface area (Å²) in [5.74, 6) is -0.273. The highest BCUT2D eigenvalue weighted by Crippen LogP contribution is 2.25. The van der Waals surface area contributed by atoms with E-state index in [-0.39, 0.29) is 11.9 Å². The van der Waals surface area contributed by atoms with E-state index in [0.29, 0.717) is 10.9 Å². The van der Waals surface area contributed by atoms with Crippen LogP contribution in [0.5, 0.6) is 0 Å². The van der Waals surface area contributed by atoms with E-state index in [1.807, 2.05) is 26.0 Å². The van der Waals surface area contributed by atoms with Gasteiger partial charge in [0.15, 0.2) is 0 Å². The second kappa shape index (κ2) is 5.75. The first-order valence-electron chi connectivity index (χ1n) is 5.98. The van der Waals surface area contributed by atoms with Crippen LogP contribution in [0.1, 0.15) is 28.6 Å². The lowest BCUT2D eigenvalue weighted by Gasteiger charge is -2.15. The van der Waals surface area contributed by atoms with Crippen LogP contribution < -0.4 is 5.73 Å². The predicted molar refractivity (Wildman–Crippen MR) is 76.2 cm³/mol. The van der Waals surface area contributed by atoms with Gasteiger partial charge in [-0.15, -0.1) is 0 Å². The topological polar surface area (TPSA) is 51.8 Å². The third-order valence-corrected chi connectivity index (χ3v) is 3.90. The van der Waals surface area contributed by atoms with E-state index in [1.54, 1.807) is 6.07 Å². The van der Waals surface area contributed by atoms with Crippen molar-refractivity contribution in [1.29, 1.82) is 0 Å². The van der Waals surface area contributed by atoms with Crippen LogP contribution >= 0.6 is 15.9 Å². The number of hydrogen-bond donors (Lipinski definition) is 1. The minimum Gasteiger partial charge on any atom is -0.324 e. The number of aromatic nitrogens is 2. The second-order valence-corrected chi connectivity index (χ2v) is 5.34. The first-order chi connectivity index (χ1) is 8.99. The zero-order chi connectivity index (χ0) is 14.0. The van der Waals surface area contributed by atoms with Gasteiger partial charge in [0.25, 0.3) is 0 Å². The van der Waals surface area contributed by atoms with E-state index in [4.69, 9.17) is 5.73 Å². The molecular formula is C14H15BrFN3. The molecule has 0 bridgehead atoms. The van der Waals surface area contributed by atoms with Gasteiger partial charge in [0, 0.05) is 6.04 Å².